The van der Waals surface area contributed by atoms with E-state index in [4.69, 9.17) is 0 Å². The fourth-order valence-electron chi connectivity index (χ4n) is 6.57. The van der Waals surface area contributed by atoms with Gasteiger partial charge in [-0.15, -0.1) is 0 Å². The molecule has 3 heterocycles. The minimum Gasteiger partial charge on any atom is -0.333 e. The van der Waals surface area contributed by atoms with E-state index in [-0.39, 0.29) is 41.7 Å². The van der Waals surface area contributed by atoms with Crippen LogP contribution in [0, 0.1) is 12.3 Å². The van der Waals surface area contributed by atoms with Gasteiger partial charge in [-0.05, 0) is 44.2 Å². The lowest BCUT2D eigenvalue weighted by atomic mass is 9.70. The number of hydrogen-bond acceptors (Lipinski definition) is 3. The van der Waals surface area contributed by atoms with Gasteiger partial charge in [0.2, 0.25) is 5.91 Å². The van der Waals surface area contributed by atoms with Crippen LogP contribution in [0.15, 0.2) is 36.4 Å². The minimum atomic E-state index is -2.64. The number of aromatic nitrogens is 2. The molecule has 32 heavy (non-hydrogen) atoms. The fourth-order valence-corrected chi connectivity index (χ4v) is 6.57. The Morgan fingerprint density at radius 1 is 1.25 bits per heavy atom. The highest BCUT2D eigenvalue weighted by Gasteiger charge is 2.60. The van der Waals surface area contributed by atoms with Crippen molar-refractivity contribution in [3.8, 4) is 0 Å². The van der Waals surface area contributed by atoms with E-state index in [0.29, 0.717) is 11.7 Å². The molecule has 2 aromatic rings. The molecule has 1 N–H and O–H groups in total. The van der Waals surface area contributed by atoms with Crippen molar-refractivity contribution in [2.24, 2.45) is 5.41 Å². The topological polar surface area (TPSA) is 50.2 Å². The summed E-state index contributed by atoms with van der Waals surface area (Å²) in [4.78, 5) is 15.8. The number of rotatable bonds is 5. The Bertz CT molecular complexity index is 978. The highest BCUT2D eigenvalue weighted by atomic mass is 19.3. The molecular formula is C25H32F2N4O. The zero-order chi connectivity index (χ0) is 22.5. The van der Waals surface area contributed by atoms with Crippen LogP contribution in [0.1, 0.15) is 62.4 Å². The molecule has 1 saturated carbocycles. The molecule has 1 aromatic heterocycles. The molecule has 0 spiro atoms. The first-order valence-corrected chi connectivity index (χ1v) is 11.8. The second-order valence-corrected chi connectivity index (χ2v) is 10.1. The number of nitrogens with zero attached hydrogens (tertiary/aromatic N) is 3. The van der Waals surface area contributed by atoms with Crippen LogP contribution in [0.3, 0.4) is 0 Å². The lowest BCUT2D eigenvalue weighted by molar-refractivity contribution is -0.136. The van der Waals surface area contributed by atoms with E-state index in [9.17, 15) is 13.6 Å². The van der Waals surface area contributed by atoms with Crippen LogP contribution < -0.4 is 5.32 Å². The average Bonchev–Trinajstić information content (AvgIpc) is 3.19. The predicted molar refractivity (Wildman–Crippen MR) is 118 cm³/mol. The number of alkyl halides is 2. The van der Waals surface area contributed by atoms with Crippen LogP contribution in [-0.2, 0) is 17.8 Å². The highest BCUT2D eigenvalue weighted by molar-refractivity contribution is 5.77. The molecule has 1 aromatic carbocycles. The molecule has 2 saturated heterocycles. The van der Waals surface area contributed by atoms with Crippen molar-refractivity contribution in [1.82, 2.24) is 20.0 Å². The number of piperidine rings is 1. The second kappa shape index (κ2) is 8.25. The summed E-state index contributed by atoms with van der Waals surface area (Å²) in [5.74, 6) is -0.0869. The fraction of sp³-hybridized carbons (Fsp3) is 0.600. The number of nitrogens with one attached hydrogen (secondary N) is 1. The summed E-state index contributed by atoms with van der Waals surface area (Å²) in [6, 6.07) is 12.5. The lowest BCUT2D eigenvalue weighted by Gasteiger charge is -2.43. The normalized spacial score (nSPS) is 31.7. The van der Waals surface area contributed by atoms with Gasteiger partial charge in [-0.3, -0.25) is 9.48 Å². The van der Waals surface area contributed by atoms with Crippen LogP contribution >= 0.6 is 0 Å². The molecule has 3 fully saturated rings. The van der Waals surface area contributed by atoms with Gasteiger partial charge in [0.15, 0.2) is 0 Å². The molecule has 1 amide bonds. The maximum absolute atomic E-state index is 13.7. The third-order valence-corrected chi connectivity index (χ3v) is 8.03. The Hall–Kier alpha value is -2.28. The first-order chi connectivity index (χ1) is 15.4. The van der Waals surface area contributed by atoms with Crippen LogP contribution in [0.5, 0.6) is 0 Å². The monoisotopic (exact) mass is 442 g/mol. The molecule has 5 atom stereocenters. The Morgan fingerprint density at radius 2 is 2.00 bits per heavy atom. The van der Waals surface area contributed by atoms with Crippen molar-refractivity contribution in [2.75, 3.05) is 0 Å². The van der Waals surface area contributed by atoms with Crippen LogP contribution in [0.2, 0.25) is 0 Å². The predicted octanol–water partition coefficient (Wildman–Crippen LogP) is 4.26. The number of amides is 1. The summed E-state index contributed by atoms with van der Waals surface area (Å²) in [5, 5.41) is 8.13. The molecular weight excluding hydrogens is 410 g/mol. The van der Waals surface area contributed by atoms with Gasteiger partial charge in [0.05, 0.1) is 5.69 Å². The van der Waals surface area contributed by atoms with Gasteiger partial charge in [-0.2, -0.15) is 5.10 Å². The van der Waals surface area contributed by atoms with Crippen LogP contribution in [-0.4, -0.2) is 44.8 Å². The molecule has 2 bridgehead atoms. The van der Waals surface area contributed by atoms with Gasteiger partial charge in [0, 0.05) is 29.6 Å². The van der Waals surface area contributed by atoms with E-state index in [1.807, 2.05) is 6.07 Å². The molecule has 0 unspecified atom stereocenters. The SMILES string of the molecule is Cc1cc(C(F)F)n(CC(=O)N2[C@H]3CCCC[C@H]4N[C@H](Cc5ccccc5)[C@@H]2C[C@@]34C)n1. The summed E-state index contributed by atoms with van der Waals surface area (Å²) in [6.45, 7) is 3.88. The molecule has 172 valence electrons. The van der Waals surface area contributed by atoms with Gasteiger partial charge in [0.1, 0.15) is 12.2 Å². The number of carbonyl (C=O) groups excluding carboxylic acids is 1. The quantitative estimate of drug-likeness (QED) is 0.753. The van der Waals surface area contributed by atoms with Crippen molar-refractivity contribution >= 4 is 5.91 Å². The maximum atomic E-state index is 13.7. The number of fused-ring (bicyclic) bond motifs is 1. The Balaban J connectivity index is 1.46. The van der Waals surface area contributed by atoms with E-state index in [2.05, 4.69) is 46.5 Å². The van der Waals surface area contributed by atoms with Crippen molar-refractivity contribution in [3.63, 3.8) is 0 Å². The van der Waals surface area contributed by atoms with E-state index < -0.39 is 6.43 Å². The number of halogens is 2. The van der Waals surface area contributed by atoms with Gasteiger partial charge in [-0.1, -0.05) is 50.1 Å². The summed E-state index contributed by atoms with van der Waals surface area (Å²) in [6.07, 6.45) is 3.55. The molecule has 3 aliphatic rings. The van der Waals surface area contributed by atoms with Crippen molar-refractivity contribution in [2.45, 2.75) is 89.5 Å². The van der Waals surface area contributed by atoms with Crippen LogP contribution in [0.25, 0.3) is 0 Å². The first kappa shape index (κ1) is 21.6. The van der Waals surface area contributed by atoms with Gasteiger partial charge >= 0.3 is 0 Å². The molecule has 5 nitrogen and oxygen atoms in total. The summed E-state index contributed by atoms with van der Waals surface area (Å²) in [5.41, 5.74) is 1.61. The number of carbonyl (C=O) groups is 1. The lowest BCUT2D eigenvalue weighted by Crippen LogP contribution is -2.57. The van der Waals surface area contributed by atoms with E-state index in [1.165, 1.54) is 16.3 Å². The number of hydrogen-bond donors (Lipinski definition) is 1. The maximum Gasteiger partial charge on any atom is 0.280 e. The summed E-state index contributed by atoms with van der Waals surface area (Å²) >= 11 is 0. The number of aryl methyl sites for hydroxylation is 1. The van der Waals surface area contributed by atoms with E-state index in [0.717, 1.165) is 38.5 Å². The molecule has 5 rings (SSSR count). The third kappa shape index (κ3) is 3.64. The smallest absolute Gasteiger partial charge is 0.280 e. The minimum absolute atomic E-state index is 0.0234. The summed E-state index contributed by atoms with van der Waals surface area (Å²) < 4.78 is 28.2. The Labute approximate surface area is 188 Å². The molecule has 0 radical (unpaired) electrons. The molecule has 7 heteroatoms. The summed E-state index contributed by atoms with van der Waals surface area (Å²) in [7, 11) is 0. The largest absolute Gasteiger partial charge is 0.333 e. The van der Waals surface area contributed by atoms with Gasteiger partial charge in [0.25, 0.3) is 6.43 Å². The van der Waals surface area contributed by atoms with Crippen LogP contribution in [0.4, 0.5) is 8.78 Å². The number of likely N-dealkylation sites (tertiary alicyclic amines) is 1. The standard InChI is InChI=1S/C25H32F2N4O/c1-16-12-19(24(26)27)30(29-16)15-23(32)31-20-14-25(2)21(10-6-7-11-22(25)31)28-18(20)13-17-8-4-3-5-9-17/h3-5,8-9,12,18,20-22,24,28H,6-7,10-11,13-15H2,1-2H3/t18-,20+,21-,22+,25-/m1/s1. The van der Waals surface area contributed by atoms with Gasteiger partial charge in [-0.25, -0.2) is 8.78 Å². The van der Waals surface area contributed by atoms with Crippen molar-refractivity contribution in [3.05, 3.63) is 53.3 Å². The Morgan fingerprint density at radius 3 is 2.75 bits per heavy atom. The molecule has 2 aliphatic heterocycles. The van der Waals surface area contributed by atoms with E-state index in [1.54, 1.807) is 6.92 Å². The second-order valence-electron chi connectivity index (χ2n) is 10.1. The first-order valence-electron chi connectivity index (χ1n) is 11.8. The van der Waals surface area contributed by atoms with E-state index >= 15 is 0 Å². The zero-order valence-electron chi connectivity index (χ0n) is 18.8. The average molecular weight is 443 g/mol. The zero-order valence-corrected chi connectivity index (χ0v) is 18.8. The third-order valence-electron chi connectivity index (χ3n) is 8.03. The highest BCUT2D eigenvalue weighted by Crippen LogP contribution is 2.52. The Kier molecular flexibility index (Phi) is 5.56. The number of benzene rings is 1. The van der Waals surface area contributed by atoms with Crippen molar-refractivity contribution in [1.29, 1.82) is 0 Å². The van der Waals surface area contributed by atoms with Gasteiger partial charge < -0.3 is 10.2 Å². The van der Waals surface area contributed by atoms with Crippen molar-refractivity contribution < 1.29 is 13.6 Å². The molecule has 1 aliphatic carbocycles.